The summed E-state index contributed by atoms with van der Waals surface area (Å²) in [6.45, 7) is 0.871. The number of rotatable bonds is 4. The molecule has 1 aliphatic carbocycles. The highest BCUT2D eigenvalue weighted by atomic mass is 16.1. The fraction of sp³-hybridized carbons (Fsp3) is 0.625. The van der Waals surface area contributed by atoms with Gasteiger partial charge in [0.25, 0.3) is 0 Å². The smallest absolute Gasteiger partial charge is 0.210 e. The molecule has 108 valence electrons. The predicted molar refractivity (Wildman–Crippen MR) is 79.5 cm³/mol. The Balaban J connectivity index is 1.66. The van der Waals surface area contributed by atoms with Crippen molar-refractivity contribution in [2.24, 2.45) is 0 Å². The number of carbonyl (C=O) groups is 1. The highest BCUT2D eigenvalue weighted by Gasteiger charge is 2.23. The van der Waals surface area contributed by atoms with E-state index in [-0.39, 0.29) is 6.04 Å². The summed E-state index contributed by atoms with van der Waals surface area (Å²) in [4.78, 5) is 17.6. The Morgan fingerprint density at radius 3 is 2.65 bits per heavy atom. The maximum absolute atomic E-state index is 11.1. The van der Waals surface area contributed by atoms with Crippen molar-refractivity contribution in [3.63, 3.8) is 0 Å². The zero-order valence-corrected chi connectivity index (χ0v) is 11.9. The first-order valence-electron chi connectivity index (χ1n) is 7.80. The topological polar surface area (TPSA) is 45.2 Å². The quantitative estimate of drug-likeness (QED) is 0.857. The van der Waals surface area contributed by atoms with E-state index in [0.717, 1.165) is 37.2 Å². The van der Waals surface area contributed by atoms with Crippen LogP contribution in [-0.4, -0.2) is 28.9 Å². The lowest BCUT2D eigenvalue weighted by Crippen LogP contribution is -2.32. The highest BCUT2D eigenvalue weighted by molar-refractivity contribution is 5.49. The van der Waals surface area contributed by atoms with E-state index in [9.17, 15) is 4.79 Å². The van der Waals surface area contributed by atoms with Crippen LogP contribution in [0.25, 0.3) is 0 Å². The summed E-state index contributed by atoms with van der Waals surface area (Å²) >= 11 is 0. The number of anilines is 1. The van der Waals surface area contributed by atoms with Gasteiger partial charge in [0.2, 0.25) is 6.41 Å². The van der Waals surface area contributed by atoms with Crippen molar-refractivity contribution in [3.8, 4) is 0 Å². The molecule has 3 rings (SSSR count). The van der Waals surface area contributed by atoms with E-state index in [1.54, 1.807) is 0 Å². The van der Waals surface area contributed by atoms with Crippen LogP contribution in [0, 0.1) is 0 Å². The van der Waals surface area contributed by atoms with E-state index in [4.69, 9.17) is 0 Å². The second-order valence-corrected chi connectivity index (χ2v) is 5.96. The summed E-state index contributed by atoms with van der Waals surface area (Å²) in [7, 11) is 0. The molecule has 1 atom stereocenters. The molecule has 1 amide bonds. The largest absolute Gasteiger partial charge is 0.367 e. The summed E-state index contributed by atoms with van der Waals surface area (Å²) < 4.78 is 0. The Hall–Kier alpha value is -1.58. The average Bonchev–Trinajstić information content (AvgIpc) is 3.01. The lowest BCUT2D eigenvalue weighted by atomic mass is 9.97. The molecule has 1 saturated carbocycles. The van der Waals surface area contributed by atoms with Gasteiger partial charge in [0.1, 0.15) is 5.82 Å². The standard InChI is InChI=1S/C16H23N3O/c20-12-19-10-4-3-7-15(19)13-8-9-16(17-11-13)18-14-5-1-2-6-14/h8-9,11-12,14-15H,1-7,10H2,(H,17,18). The summed E-state index contributed by atoms with van der Waals surface area (Å²) in [6, 6.07) is 4.99. The van der Waals surface area contributed by atoms with Gasteiger partial charge in [-0.15, -0.1) is 0 Å². The Kier molecular flexibility index (Phi) is 4.19. The normalized spacial score (nSPS) is 23.8. The van der Waals surface area contributed by atoms with Gasteiger partial charge < -0.3 is 10.2 Å². The Labute approximate surface area is 120 Å². The van der Waals surface area contributed by atoms with Crippen molar-refractivity contribution in [3.05, 3.63) is 23.9 Å². The molecule has 1 aliphatic heterocycles. The third-order valence-electron chi connectivity index (χ3n) is 4.56. The van der Waals surface area contributed by atoms with Gasteiger partial charge in [-0.05, 0) is 43.7 Å². The van der Waals surface area contributed by atoms with Crippen LogP contribution in [0.4, 0.5) is 5.82 Å². The summed E-state index contributed by atoms with van der Waals surface area (Å²) in [6.07, 6.45) is 11.4. The van der Waals surface area contributed by atoms with Crippen LogP contribution in [0.3, 0.4) is 0 Å². The van der Waals surface area contributed by atoms with Gasteiger partial charge in [0.05, 0.1) is 6.04 Å². The second-order valence-electron chi connectivity index (χ2n) is 5.96. The Morgan fingerprint density at radius 2 is 1.95 bits per heavy atom. The van der Waals surface area contributed by atoms with Gasteiger partial charge in [-0.25, -0.2) is 4.98 Å². The number of likely N-dealkylation sites (tertiary alicyclic amines) is 1. The summed E-state index contributed by atoms with van der Waals surface area (Å²) in [5.41, 5.74) is 1.16. The third-order valence-corrected chi connectivity index (χ3v) is 4.56. The molecule has 20 heavy (non-hydrogen) atoms. The molecular weight excluding hydrogens is 250 g/mol. The van der Waals surface area contributed by atoms with Crippen molar-refractivity contribution in [2.75, 3.05) is 11.9 Å². The molecule has 2 heterocycles. The second kappa shape index (κ2) is 6.25. The van der Waals surface area contributed by atoms with E-state index in [1.165, 1.54) is 32.1 Å². The number of pyridine rings is 1. The van der Waals surface area contributed by atoms with Crippen molar-refractivity contribution < 1.29 is 4.79 Å². The molecule has 2 aliphatic rings. The molecular formula is C16H23N3O. The van der Waals surface area contributed by atoms with Crippen LogP contribution in [-0.2, 0) is 4.79 Å². The number of nitrogens with zero attached hydrogens (tertiary/aromatic N) is 2. The van der Waals surface area contributed by atoms with Crippen molar-refractivity contribution in [2.45, 2.75) is 57.0 Å². The maximum Gasteiger partial charge on any atom is 0.210 e. The van der Waals surface area contributed by atoms with Gasteiger partial charge in [-0.2, -0.15) is 0 Å². The molecule has 1 N–H and O–H groups in total. The lowest BCUT2D eigenvalue weighted by molar-refractivity contribution is -0.121. The number of nitrogens with one attached hydrogen (secondary N) is 1. The van der Waals surface area contributed by atoms with E-state index in [2.05, 4.69) is 22.4 Å². The van der Waals surface area contributed by atoms with Crippen LogP contribution < -0.4 is 5.32 Å². The first-order chi connectivity index (χ1) is 9.86. The average molecular weight is 273 g/mol. The monoisotopic (exact) mass is 273 g/mol. The van der Waals surface area contributed by atoms with Crippen molar-refractivity contribution in [1.82, 2.24) is 9.88 Å². The molecule has 2 fully saturated rings. The highest BCUT2D eigenvalue weighted by Crippen LogP contribution is 2.30. The molecule has 1 saturated heterocycles. The minimum Gasteiger partial charge on any atom is -0.367 e. The van der Waals surface area contributed by atoms with E-state index in [0.29, 0.717) is 6.04 Å². The maximum atomic E-state index is 11.1. The third kappa shape index (κ3) is 2.94. The van der Waals surface area contributed by atoms with Gasteiger partial charge in [0.15, 0.2) is 0 Å². The molecule has 4 heteroatoms. The first-order valence-corrected chi connectivity index (χ1v) is 7.80. The fourth-order valence-electron chi connectivity index (χ4n) is 3.41. The number of amides is 1. The SMILES string of the molecule is O=CN1CCCCC1c1ccc(NC2CCCC2)nc1. The fourth-order valence-corrected chi connectivity index (χ4v) is 3.41. The number of hydrogen-bond donors (Lipinski definition) is 1. The van der Waals surface area contributed by atoms with Crippen molar-refractivity contribution in [1.29, 1.82) is 0 Å². The van der Waals surface area contributed by atoms with E-state index < -0.39 is 0 Å². The molecule has 4 nitrogen and oxygen atoms in total. The number of carbonyl (C=O) groups excluding carboxylic acids is 1. The molecule has 0 bridgehead atoms. The van der Waals surface area contributed by atoms with Gasteiger partial charge in [-0.1, -0.05) is 18.9 Å². The molecule has 0 radical (unpaired) electrons. The minimum atomic E-state index is 0.217. The van der Waals surface area contributed by atoms with Crippen LogP contribution in [0.15, 0.2) is 18.3 Å². The first kappa shape index (κ1) is 13.4. The van der Waals surface area contributed by atoms with Gasteiger partial charge in [-0.3, -0.25) is 4.79 Å². The molecule has 0 spiro atoms. The van der Waals surface area contributed by atoms with Crippen LogP contribution >= 0.6 is 0 Å². The Bertz CT molecular complexity index is 440. The van der Waals surface area contributed by atoms with E-state index in [1.807, 2.05) is 11.1 Å². The zero-order chi connectivity index (χ0) is 13.8. The number of aromatic nitrogens is 1. The van der Waals surface area contributed by atoms with Crippen LogP contribution in [0.5, 0.6) is 0 Å². The number of piperidine rings is 1. The van der Waals surface area contributed by atoms with Crippen LogP contribution in [0.2, 0.25) is 0 Å². The van der Waals surface area contributed by atoms with Gasteiger partial charge in [0, 0.05) is 18.8 Å². The summed E-state index contributed by atoms with van der Waals surface area (Å²) in [5.74, 6) is 0.967. The number of hydrogen-bond acceptors (Lipinski definition) is 3. The predicted octanol–water partition coefficient (Wildman–Crippen LogP) is 3.12. The zero-order valence-electron chi connectivity index (χ0n) is 11.9. The minimum absolute atomic E-state index is 0.217. The Morgan fingerprint density at radius 1 is 1.15 bits per heavy atom. The molecule has 1 aromatic rings. The molecule has 0 aromatic carbocycles. The van der Waals surface area contributed by atoms with Gasteiger partial charge >= 0.3 is 0 Å². The van der Waals surface area contributed by atoms with Crippen LogP contribution in [0.1, 0.15) is 56.6 Å². The lowest BCUT2D eigenvalue weighted by Gasteiger charge is -2.32. The molecule has 1 unspecified atom stereocenters. The van der Waals surface area contributed by atoms with Crippen molar-refractivity contribution >= 4 is 12.2 Å². The molecule has 1 aromatic heterocycles. The van der Waals surface area contributed by atoms with E-state index >= 15 is 0 Å². The summed E-state index contributed by atoms with van der Waals surface area (Å²) in [5, 5.41) is 3.50.